The fraction of sp³-hybridized carbons (Fsp3) is 0. The molecule has 0 bridgehead atoms. The number of hydrogen-bond acceptors (Lipinski definition) is 4. The maximum Gasteiger partial charge on any atom is 0.261 e. The summed E-state index contributed by atoms with van der Waals surface area (Å²) in [5.41, 5.74) is 1.70. The Morgan fingerprint density at radius 3 is 2.68 bits per heavy atom. The van der Waals surface area contributed by atoms with E-state index in [2.05, 4.69) is 15.4 Å². The predicted octanol–water partition coefficient (Wildman–Crippen LogP) is 4.50. The molecule has 0 spiro atoms. The first-order chi connectivity index (χ1) is 12.1. The van der Waals surface area contributed by atoms with Gasteiger partial charge < -0.3 is 0 Å². The summed E-state index contributed by atoms with van der Waals surface area (Å²) in [7, 11) is 0. The van der Waals surface area contributed by atoms with E-state index < -0.39 is 11.7 Å². The summed E-state index contributed by atoms with van der Waals surface area (Å²) in [6, 6.07) is 13.1. The lowest BCUT2D eigenvalue weighted by Gasteiger charge is -2.02. The van der Waals surface area contributed by atoms with E-state index >= 15 is 0 Å². The summed E-state index contributed by atoms with van der Waals surface area (Å²) < 4.78 is 15.3. The highest BCUT2D eigenvalue weighted by Crippen LogP contribution is 2.27. The molecule has 0 radical (unpaired) electrons. The van der Waals surface area contributed by atoms with E-state index in [-0.39, 0.29) is 11.5 Å². The van der Waals surface area contributed by atoms with Crippen LogP contribution in [0, 0.1) is 5.82 Å². The zero-order valence-electron chi connectivity index (χ0n) is 12.6. The van der Waals surface area contributed by atoms with Crippen LogP contribution in [0.1, 0.15) is 10.4 Å². The van der Waals surface area contributed by atoms with Gasteiger partial charge in [0.25, 0.3) is 11.9 Å². The number of nitrogens with zero attached hydrogens (tertiary/aromatic N) is 3. The summed E-state index contributed by atoms with van der Waals surface area (Å²) in [5.74, 6) is -1.07. The second-order valence-electron chi connectivity index (χ2n) is 5.19. The van der Waals surface area contributed by atoms with Crippen molar-refractivity contribution in [2.45, 2.75) is 0 Å². The molecule has 2 aromatic carbocycles. The van der Waals surface area contributed by atoms with Crippen LogP contribution in [-0.2, 0) is 0 Å². The third kappa shape index (κ3) is 2.99. The third-order valence-corrected chi connectivity index (χ3v) is 4.63. The van der Waals surface area contributed by atoms with E-state index in [1.165, 1.54) is 29.5 Å². The highest BCUT2D eigenvalue weighted by Gasteiger charge is 2.16. The highest BCUT2D eigenvalue weighted by molar-refractivity contribution is 7.15. The second kappa shape index (κ2) is 6.27. The van der Waals surface area contributed by atoms with Gasteiger partial charge in [0, 0.05) is 16.0 Å². The van der Waals surface area contributed by atoms with Crippen LogP contribution in [0.5, 0.6) is 0 Å². The molecule has 2 aromatic heterocycles. The summed E-state index contributed by atoms with van der Waals surface area (Å²) in [6.07, 6.45) is 0. The lowest BCUT2D eigenvalue weighted by atomic mass is 10.2. The number of benzene rings is 2. The van der Waals surface area contributed by atoms with Gasteiger partial charge >= 0.3 is 0 Å². The molecule has 0 aliphatic carbocycles. The van der Waals surface area contributed by atoms with Gasteiger partial charge in [-0.15, -0.1) is 16.4 Å². The molecule has 8 heteroatoms. The summed E-state index contributed by atoms with van der Waals surface area (Å²) in [4.78, 5) is 17.1. The van der Waals surface area contributed by atoms with E-state index in [4.69, 9.17) is 11.6 Å². The summed E-state index contributed by atoms with van der Waals surface area (Å²) in [5, 5.41) is 9.38. The number of carbonyl (C=O) groups is 1. The fourth-order valence-electron chi connectivity index (χ4n) is 2.37. The molecule has 124 valence electrons. The highest BCUT2D eigenvalue weighted by atomic mass is 35.5. The maximum atomic E-state index is 13.7. The van der Waals surface area contributed by atoms with Gasteiger partial charge in [0.2, 0.25) is 4.96 Å². The molecule has 0 unspecified atom stereocenters. The number of anilines is 1. The molecular formula is C17H10ClFN4OS. The number of halogens is 2. The third-order valence-electron chi connectivity index (χ3n) is 3.57. The van der Waals surface area contributed by atoms with Gasteiger partial charge in [-0.3, -0.25) is 10.1 Å². The molecule has 0 fully saturated rings. The van der Waals surface area contributed by atoms with Gasteiger partial charge in [-0.05, 0) is 24.3 Å². The minimum absolute atomic E-state index is 0.0569. The molecule has 5 nitrogen and oxygen atoms in total. The van der Waals surface area contributed by atoms with Crippen LogP contribution < -0.4 is 5.32 Å². The molecule has 25 heavy (non-hydrogen) atoms. The lowest BCUT2D eigenvalue weighted by Crippen LogP contribution is -2.14. The van der Waals surface area contributed by atoms with Crippen molar-refractivity contribution in [1.29, 1.82) is 0 Å². The van der Waals surface area contributed by atoms with Gasteiger partial charge in [-0.25, -0.2) is 8.91 Å². The van der Waals surface area contributed by atoms with Crippen LogP contribution in [-0.4, -0.2) is 20.5 Å². The number of nitrogens with one attached hydrogen (secondary N) is 1. The quantitative estimate of drug-likeness (QED) is 0.576. The van der Waals surface area contributed by atoms with E-state index in [1.54, 1.807) is 22.7 Å². The number of thiazole rings is 1. The molecule has 1 amide bonds. The molecule has 1 N–H and O–H groups in total. The first-order valence-electron chi connectivity index (χ1n) is 7.28. The largest absolute Gasteiger partial charge is 0.289 e. The second-order valence-corrected chi connectivity index (χ2v) is 6.46. The first-order valence-corrected chi connectivity index (χ1v) is 8.53. The normalized spacial score (nSPS) is 11.0. The number of hydrogen-bond donors (Lipinski definition) is 1. The zero-order chi connectivity index (χ0) is 17.4. The molecule has 0 atom stereocenters. The van der Waals surface area contributed by atoms with Crippen molar-refractivity contribution in [3.63, 3.8) is 0 Å². The van der Waals surface area contributed by atoms with Crippen LogP contribution in [0.25, 0.3) is 16.2 Å². The van der Waals surface area contributed by atoms with Crippen molar-refractivity contribution in [3.8, 4) is 11.3 Å². The Hall–Kier alpha value is -2.77. The van der Waals surface area contributed by atoms with Crippen molar-refractivity contribution in [2.75, 3.05) is 5.32 Å². The molecular weight excluding hydrogens is 363 g/mol. The standard InChI is InChI=1S/C17H10ClFN4OS/c18-11-7-5-10(6-8-11)14-9-25-17-21-16(22-23(14)17)20-15(24)12-3-1-2-4-13(12)19/h1-9H,(H,20,22,24). The van der Waals surface area contributed by atoms with Crippen molar-refractivity contribution in [3.05, 3.63) is 70.3 Å². The van der Waals surface area contributed by atoms with Gasteiger partial charge in [0.1, 0.15) is 5.82 Å². The zero-order valence-corrected chi connectivity index (χ0v) is 14.2. The number of aromatic nitrogens is 3. The number of rotatable bonds is 3. The molecule has 0 saturated heterocycles. The van der Waals surface area contributed by atoms with Crippen molar-refractivity contribution in [1.82, 2.24) is 14.6 Å². The van der Waals surface area contributed by atoms with Crippen LogP contribution >= 0.6 is 22.9 Å². The Morgan fingerprint density at radius 2 is 1.92 bits per heavy atom. The molecule has 4 rings (SSSR count). The number of carbonyl (C=O) groups excluding carboxylic acids is 1. The predicted molar refractivity (Wildman–Crippen MR) is 95.7 cm³/mol. The smallest absolute Gasteiger partial charge is 0.261 e. The van der Waals surface area contributed by atoms with Gasteiger partial charge in [0.15, 0.2) is 0 Å². The van der Waals surface area contributed by atoms with Crippen molar-refractivity contribution in [2.24, 2.45) is 0 Å². The maximum absolute atomic E-state index is 13.7. The van der Waals surface area contributed by atoms with Crippen LogP contribution in [0.2, 0.25) is 5.02 Å². The minimum Gasteiger partial charge on any atom is -0.289 e. The van der Waals surface area contributed by atoms with Crippen LogP contribution in [0.4, 0.5) is 10.3 Å². The lowest BCUT2D eigenvalue weighted by molar-refractivity contribution is 0.102. The average molecular weight is 373 g/mol. The Bertz CT molecular complexity index is 1070. The van der Waals surface area contributed by atoms with E-state index in [1.807, 2.05) is 17.5 Å². The van der Waals surface area contributed by atoms with E-state index in [9.17, 15) is 9.18 Å². The Balaban J connectivity index is 1.65. The monoisotopic (exact) mass is 372 g/mol. The molecule has 0 saturated carbocycles. The van der Waals surface area contributed by atoms with Gasteiger partial charge in [-0.2, -0.15) is 4.98 Å². The van der Waals surface area contributed by atoms with E-state index in [0.717, 1.165) is 11.3 Å². The minimum atomic E-state index is -0.595. The van der Waals surface area contributed by atoms with Crippen LogP contribution in [0.15, 0.2) is 53.9 Å². The molecule has 0 aliphatic heterocycles. The Kier molecular flexibility index (Phi) is 3.95. The Labute approximate surface area is 150 Å². The van der Waals surface area contributed by atoms with Crippen LogP contribution in [0.3, 0.4) is 0 Å². The number of amides is 1. The van der Waals surface area contributed by atoms with Crippen molar-refractivity contribution >= 4 is 39.8 Å². The SMILES string of the molecule is O=C(Nc1nc2scc(-c3ccc(Cl)cc3)n2n1)c1ccccc1F. The van der Waals surface area contributed by atoms with Crippen molar-refractivity contribution < 1.29 is 9.18 Å². The molecule has 4 aromatic rings. The molecule has 0 aliphatic rings. The summed E-state index contributed by atoms with van der Waals surface area (Å²) in [6.45, 7) is 0. The van der Waals surface area contributed by atoms with Gasteiger partial charge in [-0.1, -0.05) is 35.9 Å². The summed E-state index contributed by atoms with van der Waals surface area (Å²) >= 11 is 7.30. The fourth-order valence-corrected chi connectivity index (χ4v) is 3.32. The first kappa shape index (κ1) is 15.7. The average Bonchev–Trinajstić information content (AvgIpc) is 3.16. The Morgan fingerprint density at radius 1 is 1.16 bits per heavy atom. The van der Waals surface area contributed by atoms with E-state index in [0.29, 0.717) is 9.98 Å². The topological polar surface area (TPSA) is 59.3 Å². The van der Waals surface area contributed by atoms with Gasteiger partial charge in [0.05, 0.1) is 11.3 Å². The molecule has 2 heterocycles. The number of fused-ring (bicyclic) bond motifs is 1.